The summed E-state index contributed by atoms with van der Waals surface area (Å²) in [6, 6.07) is 5.53. The van der Waals surface area contributed by atoms with Gasteiger partial charge < -0.3 is 14.7 Å². The zero-order valence-corrected chi connectivity index (χ0v) is 11.9. The van der Waals surface area contributed by atoms with E-state index in [9.17, 15) is 9.59 Å². The zero-order valence-electron chi connectivity index (χ0n) is 11.9. The molecule has 1 fully saturated rings. The van der Waals surface area contributed by atoms with Crippen LogP contribution in [0.25, 0.3) is 0 Å². The number of rotatable bonds is 4. The summed E-state index contributed by atoms with van der Waals surface area (Å²) in [5, 5.41) is 9.02. The number of carbonyl (C=O) groups excluding carboxylic acids is 1. The number of ether oxygens (including phenoxy) is 1. The molecule has 0 bridgehead atoms. The number of carbonyl (C=O) groups is 2. The largest absolute Gasteiger partial charge is 0.496 e. The molecule has 1 aliphatic heterocycles. The van der Waals surface area contributed by atoms with Crippen molar-refractivity contribution >= 4 is 17.6 Å². The molecule has 1 N–H and O–H groups in total. The van der Waals surface area contributed by atoms with Crippen LogP contribution in [-0.2, 0) is 9.59 Å². The van der Waals surface area contributed by atoms with Gasteiger partial charge in [0.15, 0.2) is 0 Å². The highest BCUT2D eigenvalue weighted by molar-refractivity contribution is 5.99. The number of anilines is 1. The number of amides is 1. The van der Waals surface area contributed by atoms with Crippen LogP contribution < -0.4 is 9.64 Å². The maximum atomic E-state index is 12.0. The second-order valence-corrected chi connectivity index (χ2v) is 5.32. The lowest BCUT2D eigenvalue weighted by molar-refractivity contribution is -0.141. The Labute approximate surface area is 118 Å². The van der Waals surface area contributed by atoms with Gasteiger partial charge in [0.1, 0.15) is 5.75 Å². The summed E-state index contributed by atoms with van der Waals surface area (Å²) in [6.07, 6.45) is 0.0678. The first-order chi connectivity index (χ1) is 9.43. The molecule has 108 valence electrons. The van der Waals surface area contributed by atoms with Crippen LogP contribution >= 0.6 is 0 Å². The molecule has 1 aromatic carbocycles. The molecule has 1 atom stereocenters. The van der Waals surface area contributed by atoms with Gasteiger partial charge in [-0.25, -0.2) is 0 Å². The highest BCUT2D eigenvalue weighted by Gasteiger charge is 2.35. The molecule has 1 amide bonds. The number of carboxylic acid groups (broad SMARTS) is 1. The fraction of sp³-hybridized carbons (Fsp3) is 0.467. The quantitative estimate of drug-likeness (QED) is 0.916. The van der Waals surface area contributed by atoms with Crippen molar-refractivity contribution in [3.63, 3.8) is 0 Å². The summed E-state index contributed by atoms with van der Waals surface area (Å²) in [5.41, 5.74) is 1.75. The highest BCUT2D eigenvalue weighted by Crippen LogP contribution is 2.33. The molecule has 0 saturated carbocycles. The first-order valence-electron chi connectivity index (χ1n) is 6.65. The third-order valence-electron chi connectivity index (χ3n) is 3.62. The SMILES string of the molecule is COc1ccc(N2CC(C(=O)O)CC2=O)cc1C(C)C. The number of methoxy groups -OCH3 is 1. The lowest BCUT2D eigenvalue weighted by Gasteiger charge is -2.20. The average molecular weight is 277 g/mol. The van der Waals surface area contributed by atoms with Crippen molar-refractivity contribution in [2.45, 2.75) is 26.2 Å². The van der Waals surface area contributed by atoms with Gasteiger partial charge >= 0.3 is 5.97 Å². The lowest BCUT2D eigenvalue weighted by Crippen LogP contribution is -2.25. The van der Waals surface area contributed by atoms with E-state index in [0.29, 0.717) is 0 Å². The number of hydrogen-bond donors (Lipinski definition) is 1. The molecule has 2 rings (SSSR count). The van der Waals surface area contributed by atoms with E-state index in [-0.39, 0.29) is 24.8 Å². The summed E-state index contributed by atoms with van der Waals surface area (Å²) < 4.78 is 5.31. The number of benzene rings is 1. The Bertz CT molecular complexity index is 539. The Kier molecular flexibility index (Phi) is 3.97. The summed E-state index contributed by atoms with van der Waals surface area (Å²) in [4.78, 5) is 24.5. The van der Waals surface area contributed by atoms with Gasteiger partial charge in [0.05, 0.1) is 13.0 Å². The molecule has 0 aliphatic carbocycles. The van der Waals surface area contributed by atoms with Crippen LogP contribution in [0.4, 0.5) is 5.69 Å². The second kappa shape index (κ2) is 5.53. The van der Waals surface area contributed by atoms with Crippen LogP contribution in [-0.4, -0.2) is 30.6 Å². The fourth-order valence-electron chi connectivity index (χ4n) is 2.46. The van der Waals surface area contributed by atoms with Gasteiger partial charge in [-0.05, 0) is 29.7 Å². The van der Waals surface area contributed by atoms with E-state index in [1.165, 1.54) is 0 Å². The van der Waals surface area contributed by atoms with Gasteiger partial charge in [0.25, 0.3) is 0 Å². The third-order valence-corrected chi connectivity index (χ3v) is 3.62. The number of hydrogen-bond acceptors (Lipinski definition) is 3. The summed E-state index contributed by atoms with van der Waals surface area (Å²) in [6.45, 7) is 4.33. The molecular formula is C15H19NO4. The van der Waals surface area contributed by atoms with Gasteiger partial charge in [-0.3, -0.25) is 9.59 Å². The molecule has 0 aromatic heterocycles. The topological polar surface area (TPSA) is 66.8 Å². The summed E-state index contributed by atoms with van der Waals surface area (Å²) in [5.74, 6) is -0.633. The highest BCUT2D eigenvalue weighted by atomic mass is 16.5. The van der Waals surface area contributed by atoms with E-state index in [2.05, 4.69) is 0 Å². The lowest BCUT2D eigenvalue weighted by atomic mass is 10.0. The van der Waals surface area contributed by atoms with E-state index in [1.807, 2.05) is 26.0 Å². The predicted molar refractivity (Wildman–Crippen MR) is 75.2 cm³/mol. The van der Waals surface area contributed by atoms with E-state index in [1.54, 1.807) is 18.1 Å². The number of carboxylic acids is 1. The van der Waals surface area contributed by atoms with Crippen molar-refractivity contribution in [2.24, 2.45) is 5.92 Å². The van der Waals surface area contributed by atoms with Crippen LogP contribution in [0.3, 0.4) is 0 Å². The molecule has 5 nitrogen and oxygen atoms in total. The van der Waals surface area contributed by atoms with Crippen molar-refractivity contribution in [2.75, 3.05) is 18.6 Å². The van der Waals surface area contributed by atoms with Gasteiger partial charge in [-0.1, -0.05) is 13.8 Å². The monoisotopic (exact) mass is 277 g/mol. The number of nitrogens with zero attached hydrogens (tertiary/aromatic N) is 1. The van der Waals surface area contributed by atoms with E-state index >= 15 is 0 Å². The Hall–Kier alpha value is -2.04. The predicted octanol–water partition coefficient (Wildman–Crippen LogP) is 2.26. The van der Waals surface area contributed by atoms with Gasteiger partial charge in [0, 0.05) is 18.7 Å². The van der Waals surface area contributed by atoms with Gasteiger partial charge in [-0.15, -0.1) is 0 Å². The van der Waals surface area contributed by atoms with Crippen molar-refractivity contribution < 1.29 is 19.4 Å². The molecule has 20 heavy (non-hydrogen) atoms. The number of aliphatic carboxylic acids is 1. The average Bonchev–Trinajstić information content (AvgIpc) is 2.80. The molecule has 0 radical (unpaired) electrons. The molecule has 5 heteroatoms. The minimum atomic E-state index is -0.918. The smallest absolute Gasteiger partial charge is 0.308 e. The standard InChI is InChI=1S/C15H19NO4/c1-9(2)12-7-11(4-5-13(12)20-3)16-8-10(15(18)19)6-14(16)17/h4-5,7,9-10H,6,8H2,1-3H3,(H,18,19). The molecular weight excluding hydrogens is 258 g/mol. The van der Waals surface area contributed by atoms with Crippen molar-refractivity contribution in [3.8, 4) is 5.75 Å². The Balaban J connectivity index is 2.32. The van der Waals surface area contributed by atoms with Crippen LogP contribution in [0, 0.1) is 5.92 Å². The summed E-state index contributed by atoms with van der Waals surface area (Å²) in [7, 11) is 1.61. The summed E-state index contributed by atoms with van der Waals surface area (Å²) >= 11 is 0. The van der Waals surface area contributed by atoms with Gasteiger partial charge in [-0.2, -0.15) is 0 Å². The van der Waals surface area contributed by atoms with E-state index in [4.69, 9.17) is 9.84 Å². The zero-order chi connectivity index (χ0) is 14.9. The minimum absolute atomic E-state index is 0.0678. The molecule has 1 aliphatic rings. The Morgan fingerprint density at radius 3 is 2.65 bits per heavy atom. The van der Waals surface area contributed by atoms with E-state index in [0.717, 1.165) is 17.0 Å². The van der Waals surface area contributed by atoms with Crippen LogP contribution in [0.5, 0.6) is 5.75 Å². The maximum Gasteiger partial charge on any atom is 0.308 e. The van der Waals surface area contributed by atoms with Crippen molar-refractivity contribution in [1.29, 1.82) is 0 Å². The first kappa shape index (κ1) is 14.4. The third kappa shape index (κ3) is 2.61. The van der Waals surface area contributed by atoms with Crippen LogP contribution in [0.15, 0.2) is 18.2 Å². The molecule has 1 aromatic rings. The molecule has 1 heterocycles. The van der Waals surface area contributed by atoms with E-state index < -0.39 is 11.9 Å². The van der Waals surface area contributed by atoms with Crippen molar-refractivity contribution in [3.05, 3.63) is 23.8 Å². The first-order valence-corrected chi connectivity index (χ1v) is 6.65. The fourth-order valence-corrected chi connectivity index (χ4v) is 2.46. The molecule has 1 saturated heterocycles. The van der Waals surface area contributed by atoms with Crippen LogP contribution in [0.2, 0.25) is 0 Å². The van der Waals surface area contributed by atoms with Crippen LogP contribution in [0.1, 0.15) is 31.7 Å². The Morgan fingerprint density at radius 2 is 2.15 bits per heavy atom. The normalized spacial score (nSPS) is 18.7. The minimum Gasteiger partial charge on any atom is -0.496 e. The van der Waals surface area contributed by atoms with Crippen molar-refractivity contribution in [1.82, 2.24) is 0 Å². The Morgan fingerprint density at radius 1 is 1.45 bits per heavy atom. The maximum absolute atomic E-state index is 12.0. The molecule has 0 spiro atoms. The second-order valence-electron chi connectivity index (χ2n) is 5.32. The molecule has 1 unspecified atom stereocenters. The van der Waals surface area contributed by atoms with Gasteiger partial charge in [0.2, 0.25) is 5.91 Å².